The lowest BCUT2D eigenvalue weighted by Gasteiger charge is -2.24. The van der Waals surface area contributed by atoms with E-state index in [1.165, 1.54) is 83.5 Å². The van der Waals surface area contributed by atoms with Crippen LogP contribution in [0.1, 0.15) is 207 Å². The number of aliphatic hydroxyl groups excluding tert-OH is 2. The fraction of sp³-hybridized carbons (Fsp3) is 0.720. The summed E-state index contributed by atoms with van der Waals surface area (Å²) in [5.74, 6) is -0.557. The third kappa shape index (κ3) is 38.2. The van der Waals surface area contributed by atoms with E-state index in [2.05, 4.69) is 62.5 Å². The molecule has 0 radical (unpaired) electrons. The van der Waals surface area contributed by atoms with E-state index in [1.54, 1.807) is 0 Å². The van der Waals surface area contributed by atoms with Gasteiger partial charge in [-0.2, -0.15) is 0 Å². The van der Waals surface area contributed by atoms with Crippen LogP contribution in [-0.2, 0) is 14.3 Å². The van der Waals surface area contributed by atoms with Crippen molar-refractivity contribution in [1.82, 2.24) is 5.32 Å². The summed E-state index contributed by atoms with van der Waals surface area (Å²) in [6.07, 6.45) is 54.0. The maximum Gasteiger partial charge on any atom is 0.306 e. The number of carbonyl (C=O) groups is 2. The average molecular weight is 782 g/mol. The molecule has 0 spiro atoms. The number of aliphatic hydroxyl groups is 2. The van der Waals surface area contributed by atoms with Crippen LogP contribution in [0.2, 0.25) is 0 Å². The Kier molecular flexibility index (Phi) is 41.3. The van der Waals surface area contributed by atoms with E-state index in [-0.39, 0.29) is 24.9 Å². The van der Waals surface area contributed by atoms with Gasteiger partial charge in [0.15, 0.2) is 0 Å². The Morgan fingerprint density at radius 1 is 0.554 bits per heavy atom. The minimum Gasteiger partial charge on any atom is -0.462 e. The predicted molar refractivity (Wildman–Crippen MR) is 241 cm³/mol. The number of hydrogen-bond acceptors (Lipinski definition) is 5. The van der Waals surface area contributed by atoms with Crippen molar-refractivity contribution in [3.63, 3.8) is 0 Å². The van der Waals surface area contributed by atoms with Gasteiger partial charge in [0.2, 0.25) is 5.91 Å². The third-order valence-corrected chi connectivity index (χ3v) is 10.1. The van der Waals surface area contributed by atoms with Gasteiger partial charge < -0.3 is 20.3 Å². The molecule has 0 saturated heterocycles. The number of nitrogens with one attached hydrogen (secondary N) is 1. The van der Waals surface area contributed by atoms with E-state index < -0.39 is 18.2 Å². The van der Waals surface area contributed by atoms with Gasteiger partial charge in [-0.1, -0.05) is 203 Å². The van der Waals surface area contributed by atoms with Gasteiger partial charge in [-0.15, -0.1) is 0 Å². The molecule has 0 aromatic carbocycles. The smallest absolute Gasteiger partial charge is 0.306 e. The highest BCUT2D eigenvalue weighted by molar-refractivity contribution is 5.77. The van der Waals surface area contributed by atoms with Gasteiger partial charge in [0.1, 0.15) is 6.10 Å². The van der Waals surface area contributed by atoms with Crippen LogP contribution in [0.25, 0.3) is 0 Å². The van der Waals surface area contributed by atoms with Crippen molar-refractivity contribution in [2.75, 3.05) is 6.61 Å². The summed E-state index contributed by atoms with van der Waals surface area (Å²) in [4.78, 5) is 26.0. The average Bonchev–Trinajstić information content (AvgIpc) is 3.19. The zero-order valence-corrected chi connectivity index (χ0v) is 36.5. The van der Waals surface area contributed by atoms with E-state index in [0.717, 1.165) is 77.0 Å². The molecule has 0 aliphatic heterocycles. The highest BCUT2D eigenvalue weighted by atomic mass is 16.5. The van der Waals surface area contributed by atoms with E-state index >= 15 is 0 Å². The Morgan fingerprint density at radius 2 is 1.07 bits per heavy atom. The molecule has 0 aromatic rings. The molecule has 3 unspecified atom stereocenters. The minimum atomic E-state index is -0.807. The number of rotatable bonds is 40. The van der Waals surface area contributed by atoms with Crippen molar-refractivity contribution in [2.24, 2.45) is 0 Å². The lowest BCUT2D eigenvalue weighted by Crippen LogP contribution is -2.46. The molecular weight excluding hydrogens is 695 g/mol. The van der Waals surface area contributed by atoms with Gasteiger partial charge >= 0.3 is 5.97 Å². The zero-order valence-electron chi connectivity index (χ0n) is 36.5. The van der Waals surface area contributed by atoms with Gasteiger partial charge in [-0.05, 0) is 64.2 Å². The molecule has 0 fully saturated rings. The number of ether oxygens (including phenoxy) is 1. The molecular formula is C50H87NO5. The number of esters is 1. The van der Waals surface area contributed by atoms with Crippen molar-refractivity contribution >= 4 is 11.9 Å². The Balaban J connectivity index is 4.66. The Hall–Kier alpha value is -2.70. The standard InChI is InChI=1S/C50H87NO5/c1-4-7-10-13-16-19-22-24-25-28-31-34-37-40-43-50(55)56-46(41-38-35-32-29-26-21-18-15-12-9-6-3)44-49(54)51-47(45-52)48(53)42-39-36-33-30-27-23-20-17-14-11-8-5-2/h7,9-10,12,15-16,18-19,21,26,29,32,46-48,52-53H,4-6,8,11,13-14,17,20,22-25,27-28,30-31,33-45H2,1-3H3,(H,51,54)/b10-7+,12-9+,18-15+,19-16+,26-21-,32-29-. The van der Waals surface area contributed by atoms with Crippen molar-refractivity contribution in [1.29, 1.82) is 0 Å². The van der Waals surface area contributed by atoms with Gasteiger partial charge in [-0.25, -0.2) is 0 Å². The molecule has 0 rings (SSSR count). The van der Waals surface area contributed by atoms with Crippen molar-refractivity contribution < 1.29 is 24.5 Å². The fourth-order valence-electron chi connectivity index (χ4n) is 6.66. The van der Waals surface area contributed by atoms with Gasteiger partial charge in [-0.3, -0.25) is 9.59 Å². The van der Waals surface area contributed by atoms with Crippen molar-refractivity contribution in [3.05, 3.63) is 72.9 Å². The molecule has 3 N–H and O–H groups in total. The monoisotopic (exact) mass is 782 g/mol. The lowest BCUT2D eigenvalue weighted by atomic mass is 10.0. The molecule has 6 nitrogen and oxygen atoms in total. The third-order valence-electron chi connectivity index (χ3n) is 10.1. The highest BCUT2D eigenvalue weighted by Crippen LogP contribution is 2.16. The first-order valence-corrected chi connectivity index (χ1v) is 23.2. The summed E-state index contributed by atoms with van der Waals surface area (Å²) >= 11 is 0. The molecule has 1 amide bonds. The van der Waals surface area contributed by atoms with Crippen molar-refractivity contribution in [2.45, 2.75) is 225 Å². The minimum absolute atomic E-state index is 0.0257. The Bertz CT molecular complexity index is 1060. The van der Waals surface area contributed by atoms with Crippen LogP contribution in [0.3, 0.4) is 0 Å². The molecule has 0 aliphatic carbocycles. The molecule has 0 aromatic heterocycles. The maximum atomic E-state index is 13.1. The maximum absolute atomic E-state index is 13.1. The number of allylic oxidation sites excluding steroid dienone is 12. The molecule has 3 atom stereocenters. The van der Waals surface area contributed by atoms with Crippen molar-refractivity contribution in [3.8, 4) is 0 Å². The summed E-state index contributed by atoms with van der Waals surface area (Å²) in [5, 5.41) is 23.6. The summed E-state index contributed by atoms with van der Waals surface area (Å²) in [5.41, 5.74) is 0. The fourth-order valence-corrected chi connectivity index (χ4v) is 6.66. The molecule has 6 heteroatoms. The summed E-state index contributed by atoms with van der Waals surface area (Å²) < 4.78 is 5.86. The normalized spacial score (nSPS) is 14.0. The molecule has 0 aliphatic rings. The first-order chi connectivity index (χ1) is 27.5. The number of carbonyl (C=O) groups excluding carboxylic acids is 2. The quantitative estimate of drug-likeness (QED) is 0.0249. The first kappa shape index (κ1) is 53.3. The summed E-state index contributed by atoms with van der Waals surface area (Å²) in [6, 6.07) is -0.725. The van der Waals surface area contributed by atoms with Crippen LogP contribution in [0.15, 0.2) is 72.9 Å². The van der Waals surface area contributed by atoms with Crippen LogP contribution in [0, 0.1) is 0 Å². The Labute approximate surface area is 345 Å². The number of unbranched alkanes of at least 4 members (excludes halogenated alkanes) is 19. The van der Waals surface area contributed by atoms with Crippen LogP contribution < -0.4 is 5.32 Å². The largest absolute Gasteiger partial charge is 0.462 e. The SMILES string of the molecule is CC/C=C/C=C/C=C\C=C/CCCC(CC(=O)NC(CO)C(O)CCCCCCCCCCCCCC)OC(=O)CCCCCCCCC/C=C/C/C=C/CC. The number of amides is 1. The highest BCUT2D eigenvalue weighted by Gasteiger charge is 2.24. The topological polar surface area (TPSA) is 95.9 Å². The molecule has 0 saturated carbocycles. The number of hydrogen-bond donors (Lipinski definition) is 3. The predicted octanol–water partition coefficient (Wildman–Crippen LogP) is 13.4. The Morgan fingerprint density at radius 3 is 1.68 bits per heavy atom. The second kappa shape index (κ2) is 43.4. The molecule has 56 heavy (non-hydrogen) atoms. The molecule has 0 bridgehead atoms. The van der Waals surface area contributed by atoms with E-state index in [9.17, 15) is 19.8 Å². The van der Waals surface area contributed by atoms with Crippen LogP contribution >= 0.6 is 0 Å². The summed E-state index contributed by atoms with van der Waals surface area (Å²) in [7, 11) is 0. The lowest BCUT2D eigenvalue weighted by molar-refractivity contribution is -0.151. The second-order valence-corrected chi connectivity index (χ2v) is 15.5. The molecule has 322 valence electrons. The summed E-state index contributed by atoms with van der Waals surface area (Å²) in [6.45, 7) is 6.19. The second-order valence-electron chi connectivity index (χ2n) is 15.5. The first-order valence-electron chi connectivity index (χ1n) is 23.2. The van der Waals surface area contributed by atoms with Gasteiger partial charge in [0.05, 0.1) is 25.2 Å². The van der Waals surface area contributed by atoms with Gasteiger partial charge in [0, 0.05) is 6.42 Å². The zero-order chi connectivity index (χ0) is 41.0. The van der Waals surface area contributed by atoms with E-state index in [1.807, 2.05) is 36.5 Å². The van der Waals surface area contributed by atoms with E-state index in [0.29, 0.717) is 19.3 Å². The van der Waals surface area contributed by atoms with Crippen LogP contribution in [0.5, 0.6) is 0 Å². The van der Waals surface area contributed by atoms with Crippen LogP contribution in [-0.4, -0.2) is 46.9 Å². The van der Waals surface area contributed by atoms with Crippen LogP contribution in [0.4, 0.5) is 0 Å². The van der Waals surface area contributed by atoms with E-state index in [4.69, 9.17) is 4.74 Å². The van der Waals surface area contributed by atoms with Gasteiger partial charge in [0.25, 0.3) is 0 Å². The molecule has 0 heterocycles.